The molecule has 0 aliphatic carbocycles. The van der Waals surface area contributed by atoms with Crippen molar-refractivity contribution in [3.05, 3.63) is 35.9 Å². The second-order valence-corrected chi connectivity index (χ2v) is 7.28. The van der Waals surface area contributed by atoms with Gasteiger partial charge < -0.3 is 35.8 Å². The number of carboxylic acids is 2. The molecule has 0 aromatic heterocycles. The van der Waals surface area contributed by atoms with Crippen LogP contribution in [0.2, 0.25) is 0 Å². The average Bonchev–Trinajstić information content (AvgIpc) is 2.70. The summed E-state index contributed by atoms with van der Waals surface area (Å²) in [6.07, 6.45) is 0.548. The minimum absolute atomic E-state index is 0.0747. The number of hydrogen-bond donors (Lipinski definition) is 2. The number of carbonyl (C=O) groups is 4. The third-order valence-electron chi connectivity index (χ3n) is 5.09. The molecular formula is C20H26N3O6-. The summed E-state index contributed by atoms with van der Waals surface area (Å²) in [5, 5.41) is 23.9. The van der Waals surface area contributed by atoms with Crippen molar-refractivity contribution < 1.29 is 35.1 Å². The van der Waals surface area contributed by atoms with E-state index in [1.54, 1.807) is 4.90 Å². The van der Waals surface area contributed by atoms with Gasteiger partial charge in [-0.15, -0.1) is 0 Å². The van der Waals surface area contributed by atoms with Gasteiger partial charge in [0.2, 0.25) is 5.91 Å². The number of nitrogens with zero attached hydrogens (tertiary/aromatic N) is 1. The molecule has 1 saturated heterocycles. The lowest BCUT2D eigenvalue weighted by Gasteiger charge is -2.33. The fraction of sp³-hybridized carbons (Fsp3) is 0.500. The zero-order valence-corrected chi connectivity index (χ0v) is 16.2. The Morgan fingerprint density at radius 3 is 2.28 bits per heavy atom. The number of piperidine rings is 1. The Morgan fingerprint density at radius 1 is 1.10 bits per heavy atom. The van der Waals surface area contributed by atoms with Gasteiger partial charge in [-0.05, 0) is 31.2 Å². The maximum absolute atomic E-state index is 12.6. The van der Waals surface area contributed by atoms with E-state index in [1.807, 2.05) is 30.3 Å². The third-order valence-corrected chi connectivity index (χ3v) is 5.09. The second kappa shape index (κ2) is 10.6. The van der Waals surface area contributed by atoms with Crippen LogP contribution in [-0.2, 0) is 25.6 Å². The molecular weight excluding hydrogens is 378 g/mol. The fourth-order valence-corrected chi connectivity index (χ4v) is 3.41. The SMILES string of the molecule is [NH3+][C@@H](Cc1ccccc1)C(=O)N1CCC(C(=O)N[C@@H](CCC(=O)[O-])C(=O)[O-])CC1. The van der Waals surface area contributed by atoms with Gasteiger partial charge in [-0.1, -0.05) is 30.3 Å². The van der Waals surface area contributed by atoms with E-state index in [1.165, 1.54) is 0 Å². The predicted molar refractivity (Wildman–Crippen MR) is 97.3 cm³/mol. The van der Waals surface area contributed by atoms with E-state index in [2.05, 4.69) is 11.1 Å². The molecule has 0 unspecified atom stereocenters. The lowest BCUT2D eigenvalue weighted by molar-refractivity contribution is -0.405. The Hall–Kier alpha value is -2.94. The highest BCUT2D eigenvalue weighted by molar-refractivity contribution is 5.85. The molecule has 29 heavy (non-hydrogen) atoms. The Bertz CT molecular complexity index is 731. The number of quaternary nitrogens is 1. The van der Waals surface area contributed by atoms with Gasteiger partial charge in [0, 0.05) is 31.4 Å². The number of nitrogens with one attached hydrogen (secondary N) is 1. The summed E-state index contributed by atoms with van der Waals surface area (Å²) in [5.41, 5.74) is 4.99. The molecule has 9 nitrogen and oxygen atoms in total. The van der Waals surface area contributed by atoms with E-state index in [9.17, 15) is 29.4 Å². The number of carboxylic acid groups (broad SMARTS) is 2. The zero-order valence-electron chi connectivity index (χ0n) is 16.2. The van der Waals surface area contributed by atoms with Gasteiger partial charge in [0.05, 0.1) is 12.0 Å². The van der Waals surface area contributed by atoms with E-state index < -0.39 is 42.3 Å². The molecule has 1 fully saturated rings. The Balaban J connectivity index is 1.82. The number of carbonyl (C=O) groups excluding carboxylic acids is 4. The topological polar surface area (TPSA) is 157 Å². The van der Waals surface area contributed by atoms with Crippen molar-refractivity contribution in [2.45, 2.75) is 44.2 Å². The Labute approximate surface area is 168 Å². The molecule has 1 aliphatic heterocycles. The van der Waals surface area contributed by atoms with Crippen LogP contribution in [0.5, 0.6) is 0 Å². The van der Waals surface area contributed by atoms with Crippen LogP contribution in [0.3, 0.4) is 0 Å². The van der Waals surface area contributed by atoms with Crippen molar-refractivity contribution in [2.24, 2.45) is 5.92 Å². The normalized spacial score (nSPS) is 16.7. The average molecular weight is 404 g/mol. The van der Waals surface area contributed by atoms with Crippen molar-refractivity contribution in [1.82, 2.24) is 10.2 Å². The number of likely N-dealkylation sites (tertiary alicyclic amines) is 1. The van der Waals surface area contributed by atoms with Gasteiger partial charge >= 0.3 is 0 Å². The van der Waals surface area contributed by atoms with Gasteiger partial charge in [-0.3, -0.25) is 9.59 Å². The molecule has 1 aliphatic rings. The number of rotatable bonds is 9. The van der Waals surface area contributed by atoms with Crippen LogP contribution in [0, 0.1) is 5.92 Å². The molecule has 9 heteroatoms. The summed E-state index contributed by atoms with van der Waals surface area (Å²) >= 11 is 0. The predicted octanol–water partition coefficient (Wildman–Crippen LogP) is -3.16. The smallest absolute Gasteiger partial charge is 0.281 e. The van der Waals surface area contributed by atoms with Crippen molar-refractivity contribution in [3.63, 3.8) is 0 Å². The highest BCUT2D eigenvalue weighted by Gasteiger charge is 2.31. The fourth-order valence-electron chi connectivity index (χ4n) is 3.41. The molecule has 2 rings (SSSR count). The van der Waals surface area contributed by atoms with Gasteiger partial charge in [0.15, 0.2) is 6.04 Å². The molecule has 4 N–H and O–H groups in total. The van der Waals surface area contributed by atoms with Gasteiger partial charge in [-0.2, -0.15) is 0 Å². The first kappa shape index (κ1) is 22.4. The minimum atomic E-state index is -1.53. The van der Waals surface area contributed by atoms with E-state index in [0.717, 1.165) is 5.56 Å². The summed E-state index contributed by atoms with van der Waals surface area (Å²) in [7, 11) is 0. The highest BCUT2D eigenvalue weighted by atomic mass is 16.4. The summed E-state index contributed by atoms with van der Waals surface area (Å²) in [6, 6.07) is 7.80. The molecule has 1 aromatic carbocycles. The molecule has 158 valence electrons. The second-order valence-electron chi connectivity index (χ2n) is 7.28. The summed E-state index contributed by atoms with van der Waals surface area (Å²) in [5.74, 6) is -3.92. The van der Waals surface area contributed by atoms with Crippen molar-refractivity contribution >= 4 is 23.8 Å². The summed E-state index contributed by atoms with van der Waals surface area (Å²) < 4.78 is 0. The molecule has 0 spiro atoms. The van der Waals surface area contributed by atoms with Gasteiger partial charge in [-0.25, -0.2) is 0 Å². The molecule has 1 aromatic rings. The lowest BCUT2D eigenvalue weighted by Crippen LogP contribution is -2.69. The van der Waals surface area contributed by atoms with Crippen LogP contribution < -0.4 is 21.3 Å². The first-order chi connectivity index (χ1) is 13.8. The first-order valence-electron chi connectivity index (χ1n) is 9.64. The van der Waals surface area contributed by atoms with Crippen LogP contribution >= 0.6 is 0 Å². The van der Waals surface area contributed by atoms with Crippen LogP contribution in [0.4, 0.5) is 0 Å². The zero-order chi connectivity index (χ0) is 21.4. The van der Waals surface area contributed by atoms with Crippen molar-refractivity contribution in [1.29, 1.82) is 0 Å². The number of amides is 2. The first-order valence-corrected chi connectivity index (χ1v) is 9.64. The monoisotopic (exact) mass is 404 g/mol. The van der Waals surface area contributed by atoms with E-state index in [-0.39, 0.29) is 12.3 Å². The van der Waals surface area contributed by atoms with Crippen LogP contribution in [0.25, 0.3) is 0 Å². The number of aliphatic carboxylic acids is 2. The molecule has 2 amide bonds. The molecule has 0 radical (unpaired) electrons. The number of hydrogen-bond acceptors (Lipinski definition) is 6. The maximum Gasteiger partial charge on any atom is 0.281 e. The van der Waals surface area contributed by atoms with E-state index in [4.69, 9.17) is 0 Å². The molecule has 0 saturated carbocycles. The molecule has 0 bridgehead atoms. The Morgan fingerprint density at radius 2 is 1.72 bits per heavy atom. The lowest BCUT2D eigenvalue weighted by atomic mass is 9.94. The summed E-state index contributed by atoms with van der Waals surface area (Å²) in [4.78, 5) is 48.2. The minimum Gasteiger partial charge on any atom is -0.550 e. The van der Waals surface area contributed by atoms with Gasteiger partial charge in [0.25, 0.3) is 5.91 Å². The van der Waals surface area contributed by atoms with E-state index >= 15 is 0 Å². The third kappa shape index (κ3) is 6.86. The quantitative estimate of drug-likeness (QED) is 0.442. The van der Waals surface area contributed by atoms with Gasteiger partial charge in [0.1, 0.15) is 0 Å². The Kier molecular flexibility index (Phi) is 8.14. The summed E-state index contributed by atoms with van der Waals surface area (Å²) in [6.45, 7) is 0.763. The number of benzene rings is 1. The maximum atomic E-state index is 12.6. The van der Waals surface area contributed by atoms with Crippen LogP contribution in [0.15, 0.2) is 30.3 Å². The van der Waals surface area contributed by atoms with E-state index in [0.29, 0.717) is 32.4 Å². The largest absolute Gasteiger partial charge is 0.550 e. The highest BCUT2D eigenvalue weighted by Crippen LogP contribution is 2.19. The van der Waals surface area contributed by atoms with Crippen LogP contribution in [0.1, 0.15) is 31.2 Å². The van der Waals surface area contributed by atoms with Crippen molar-refractivity contribution in [2.75, 3.05) is 13.1 Å². The standard InChI is InChI=1S/C20H27N3O6/c21-15(12-13-4-2-1-3-5-13)19(27)23-10-8-14(9-11-23)18(26)22-16(20(28)29)6-7-17(24)25/h1-5,14-16H,6-12,21H2,(H,22,26)(H,24,25)(H,28,29)/p-1/t15-,16-/m0/s1. The van der Waals surface area contributed by atoms with Crippen LogP contribution in [-0.4, -0.2) is 53.8 Å². The molecule has 1 heterocycles. The molecule has 2 atom stereocenters. The van der Waals surface area contributed by atoms with Crippen molar-refractivity contribution in [3.8, 4) is 0 Å².